The topological polar surface area (TPSA) is 34.0 Å². The molecular formula is C22H19FN2OS. The summed E-state index contributed by atoms with van der Waals surface area (Å²) in [6.07, 6.45) is 0. The molecule has 0 aliphatic rings. The maximum atomic E-state index is 13.6. The van der Waals surface area contributed by atoms with Crippen LogP contribution in [0.4, 0.5) is 4.39 Å². The quantitative estimate of drug-likeness (QED) is 0.513. The lowest BCUT2D eigenvalue weighted by atomic mass is 10.2. The summed E-state index contributed by atoms with van der Waals surface area (Å²) >= 11 is 1.66. The molecule has 0 saturated carbocycles. The minimum Gasteiger partial charge on any atom is -0.347 e. The van der Waals surface area contributed by atoms with Gasteiger partial charge in [0.15, 0.2) is 0 Å². The van der Waals surface area contributed by atoms with Crippen molar-refractivity contribution in [3.63, 3.8) is 0 Å². The SMILES string of the molecule is Cc1cc2c(cc(C(=O)NCc3ccccc3)n2Cc2cccc(F)c2)s1. The summed E-state index contributed by atoms with van der Waals surface area (Å²) < 4.78 is 16.6. The van der Waals surface area contributed by atoms with E-state index in [0.29, 0.717) is 18.8 Å². The standard InChI is InChI=1S/C22H19FN2OS/c1-15-10-19-21(27-15)12-20(22(26)24-13-16-6-3-2-4-7-16)25(19)14-17-8-5-9-18(23)11-17/h2-12H,13-14H2,1H3,(H,24,26). The molecule has 5 heteroatoms. The third kappa shape index (κ3) is 3.78. The molecule has 2 aromatic carbocycles. The first-order valence-corrected chi connectivity index (χ1v) is 9.58. The maximum absolute atomic E-state index is 13.6. The summed E-state index contributed by atoms with van der Waals surface area (Å²) in [6.45, 7) is 2.97. The van der Waals surface area contributed by atoms with Crippen LogP contribution in [0.5, 0.6) is 0 Å². The van der Waals surface area contributed by atoms with Gasteiger partial charge in [-0.2, -0.15) is 0 Å². The predicted octanol–water partition coefficient (Wildman–Crippen LogP) is 5.13. The van der Waals surface area contributed by atoms with Gasteiger partial charge >= 0.3 is 0 Å². The first kappa shape index (κ1) is 17.5. The van der Waals surface area contributed by atoms with Gasteiger partial charge in [0.05, 0.1) is 10.2 Å². The lowest BCUT2D eigenvalue weighted by Crippen LogP contribution is -2.25. The fourth-order valence-corrected chi connectivity index (χ4v) is 4.17. The largest absolute Gasteiger partial charge is 0.347 e. The normalized spacial score (nSPS) is 11.0. The van der Waals surface area contributed by atoms with Crippen molar-refractivity contribution < 1.29 is 9.18 Å². The van der Waals surface area contributed by atoms with Crippen LogP contribution >= 0.6 is 11.3 Å². The second-order valence-electron chi connectivity index (χ2n) is 6.52. The summed E-state index contributed by atoms with van der Waals surface area (Å²) in [5, 5.41) is 2.99. The van der Waals surface area contributed by atoms with E-state index in [1.54, 1.807) is 17.4 Å². The smallest absolute Gasteiger partial charge is 0.268 e. The van der Waals surface area contributed by atoms with Crippen molar-refractivity contribution in [3.8, 4) is 0 Å². The second-order valence-corrected chi connectivity index (χ2v) is 7.81. The number of benzene rings is 2. The van der Waals surface area contributed by atoms with E-state index in [-0.39, 0.29) is 11.7 Å². The van der Waals surface area contributed by atoms with Crippen molar-refractivity contribution >= 4 is 27.5 Å². The minimum absolute atomic E-state index is 0.128. The molecule has 0 spiro atoms. The number of nitrogens with one attached hydrogen (secondary N) is 1. The van der Waals surface area contributed by atoms with Crippen LogP contribution in [-0.2, 0) is 13.1 Å². The average molecular weight is 378 g/mol. The number of hydrogen-bond acceptors (Lipinski definition) is 2. The Labute approximate surface area is 161 Å². The van der Waals surface area contributed by atoms with Crippen LogP contribution in [0.3, 0.4) is 0 Å². The van der Waals surface area contributed by atoms with Crippen LogP contribution in [0.15, 0.2) is 66.7 Å². The molecule has 0 bridgehead atoms. The highest BCUT2D eigenvalue weighted by Gasteiger charge is 2.17. The van der Waals surface area contributed by atoms with Crippen molar-refractivity contribution in [3.05, 3.63) is 94.2 Å². The summed E-state index contributed by atoms with van der Waals surface area (Å²) in [4.78, 5) is 14.0. The van der Waals surface area contributed by atoms with Gasteiger partial charge < -0.3 is 9.88 Å². The fourth-order valence-electron chi connectivity index (χ4n) is 3.21. The fraction of sp³-hybridized carbons (Fsp3) is 0.136. The van der Waals surface area contributed by atoms with Crippen molar-refractivity contribution in [2.75, 3.05) is 0 Å². The molecule has 4 aromatic rings. The Morgan fingerprint density at radius 3 is 2.59 bits per heavy atom. The monoisotopic (exact) mass is 378 g/mol. The number of aromatic nitrogens is 1. The van der Waals surface area contributed by atoms with E-state index in [2.05, 4.69) is 11.4 Å². The Morgan fingerprint density at radius 2 is 1.81 bits per heavy atom. The van der Waals surface area contributed by atoms with Gasteiger partial charge in [0.2, 0.25) is 0 Å². The molecule has 0 atom stereocenters. The molecule has 3 nitrogen and oxygen atoms in total. The first-order chi connectivity index (χ1) is 13.1. The average Bonchev–Trinajstić information content (AvgIpc) is 3.18. The number of fused-ring (bicyclic) bond motifs is 1. The number of amides is 1. The molecule has 0 radical (unpaired) electrons. The number of thiophene rings is 1. The van der Waals surface area contributed by atoms with Gasteiger partial charge in [-0.3, -0.25) is 4.79 Å². The van der Waals surface area contributed by atoms with Crippen LogP contribution < -0.4 is 5.32 Å². The van der Waals surface area contributed by atoms with Crippen LogP contribution in [0.25, 0.3) is 10.2 Å². The van der Waals surface area contributed by atoms with Gasteiger partial charge in [-0.15, -0.1) is 11.3 Å². The highest BCUT2D eigenvalue weighted by atomic mass is 32.1. The molecule has 136 valence electrons. The van der Waals surface area contributed by atoms with Gasteiger partial charge in [-0.1, -0.05) is 42.5 Å². The molecular weight excluding hydrogens is 359 g/mol. The van der Waals surface area contributed by atoms with E-state index < -0.39 is 0 Å². The molecule has 0 aliphatic carbocycles. The summed E-state index contributed by atoms with van der Waals surface area (Å²) in [5.41, 5.74) is 3.48. The van der Waals surface area contributed by atoms with Crippen LogP contribution in [0, 0.1) is 12.7 Å². The Bertz CT molecular complexity index is 1100. The third-order valence-electron chi connectivity index (χ3n) is 4.47. The van der Waals surface area contributed by atoms with Gasteiger partial charge in [0.25, 0.3) is 5.91 Å². The zero-order valence-electron chi connectivity index (χ0n) is 14.9. The molecule has 0 aliphatic heterocycles. The summed E-state index contributed by atoms with van der Waals surface area (Å²) in [7, 11) is 0. The van der Waals surface area contributed by atoms with Crippen molar-refractivity contribution in [1.29, 1.82) is 0 Å². The molecule has 2 heterocycles. The van der Waals surface area contributed by atoms with Gasteiger partial charge in [0.1, 0.15) is 11.5 Å². The molecule has 0 fully saturated rings. The summed E-state index contributed by atoms with van der Waals surface area (Å²) in [6, 6.07) is 20.3. The van der Waals surface area contributed by atoms with E-state index in [4.69, 9.17) is 0 Å². The first-order valence-electron chi connectivity index (χ1n) is 8.76. The Balaban J connectivity index is 1.65. The number of carbonyl (C=O) groups is 1. The number of rotatable bonds is 5. The van der Waals surface area contributed by atoms with E-state index >= 15 is 0 Å². The number of aryl methyl sites for hydroxylation is 1. The zero-order chi connectivity index (χ0) is 18.8. The van der Waals surface area contributed by atoms with E-state index in [0.717, 1.165) is 21.3 Å². The Kier molecular flexibility index (Phi) is 4.77. The highest BCUT2D eigenvalue weighted by Crippen LogP contribution is 2.29. The maximum Gasteiger partial charge on any atom is 0.268 e. The highest BCUT2D eigenvalue weighted by molar-refractivity contribution is 7.19. The predicted molar refractivity (Wildman–Crippen MR) is 108 cm³/mol. The Hall–Kier alpha value is -2.92. The number of hydrogen-bond donors (Lipinski definition) is 1. The van der Waals surface area contributed by atoms with Gasteiger partial charge in [-0.05, 0) is 42.3 Å². The van der Waals surface area contributed by atoms with E-state index in [9.17, 15) is 9.18 Å². The van der Waals surface area contributed by atoms with Crippen molar-refractivity contribution in [2.24, 2.45) is 0 Å². The lowest BCUT2D eigenvalue weighted by Gasteiger charge is -2.11. The van der Waals surface area contributed by atoms with Crippen molar-refractivity contribution in [1.82, 2.24) is 9.88 Å². The molecule has 0 unspecified atom stereocenters. The Morgan fingerprint density at radius 1 is 1.04 bits per heavy atom. The molecule has 1 N–H and O–H groups in total. The van der Waals surface area contributed by atoms with Gasteiger partial charge in [-0.25, -0.2) is 4.39 Å². The molecule has 1 amide bonds. The van der Waals surface area contributed by atoms with Crippen LogP contribution in [0.1, 0.15) is 26.5 Å². The van der Waals surface area contributed by atoms with Crippen LogP contribution in [0.2, 0.25) is 0 Å². The zero-order valence-corrected chi connectivity index (χ0v) is 15.7. The molecule has 2 aromatic heterocycles. The molecule has 0 saturated heterocycles. The molecule has 4 rings (SSSR count). The van der Waals surface area contributed by atoms with Gasteiger partial charge in [0, 0.05) is 18.0 Å². The lowest BCUT2D eigenvalue weighted by molar-refractivity contribution is 0.0942. The number of carbonyl (C=O) groups excluding carboxylic acids is 1. The second kappa shape index (κ2) is 7.37. The number of halogens is 1. The summed E-state index contributed by atoms with van der Waals surface area (Å²) in [5.74, 6) is -0.399. The van der Waals surface area contributed by atoms with E-state index in [1.165, 1.54) is 17.0 Å². The van der Waals surface area contributed by atoms with Crippen molar-refractivity contribution in [2.45, 2.75) is 20.0 Å². The molecule has 27 heavy (non-hydrogen) atoms. The third-order valence-corrected chi connectivity index (χ3v) is 5.46. The van der Waals surface area contributed by atoms with E-state index in [1.807, 2.05) is 54.0 Å². The van der Waals surface area contributed by atoms with Crippen LogP contribution in [-0.4, -0.2) is 10.5 Å². The number of nitrogens with zero attached hydrogens (tertiary/aromatic N) is 1. The minimum atomic E-state index is -0.271.